The number of halogens is 1. The van der Waals surface area contributed by atoms with Gasteiger partial charge >= 0.3 is 0 Å². The molecule has 19 heavy (non-hydrogen) atoms. The van der Waals surface area contributed by atoms with Crippen LogP contribution in [0.1, 0.15) is 5.56 Å². The molecule has 2 rings (SSSR count). The summed E-state index contributed by atoms with van der Waals surface area (Å²) < 4.78 is 39.2. The van der Waals surface area contributed by atoms with Crippen molar-refractivity contribution in [1.29, 1.82) is 0 Å². The van der Waals surface area contributed by atoms with E-state index in [1.54, 1.807) is 23.6 Å². The van der Waals surface area contributed by atoms with Crippen LogP contribution in [-0.4, -0.2) is 19.8 Å². The SMILES string of the molecule is CN(Cc1ccccc1F)S(=O)(=O)c1cc(N)cs1. The summed E-state index contributed by atoms with van der Waals surface area (Å²) in [6, 6.07) is 7.50. The Morgan fingerprint density at radius 1 is 1.37 bits per heavy atom. The molecule has 4 nitrogen and oxygen atoms in total. The highest BCUT2D eigenvalue weighted by atomic mass is 32.2. The summed E-state index contributed by atoms with van der Waals surface area (Å²) in [6.45, 7) is -0.0210. The fraction of sp³-hybridized carbons (Fsp3) is 0.167. The van der Waals surface area contributed by atoms with Gasteiger partial charge in [0.05, 0.1) is 0 Å². The molecule has 102 valence electrons. The predicted octanol–water partition coefficient (Wildman–Crippen LogP) is 2.29. The van der Waals surface area contributed by atoms with Crippen molar-refractivity contribution in [1.82, 2.24) is 4.31 Å². The van der Waals surface area contributed by atoms with Crippen LogP contribution in [0, 0.1) is 5.82 Å². The van der Waals surface area contributed by atoms with Crippen molar-refractivity contribution in [2.24, 2.45) is 0 Å². The molecule has 0 aliphatic rings. The average molecular weight is 300 g/mol. The monoisotopic (exact) mass is 300 g/mol. The minimum absolute atomic E-state index is 0.0210. The third-order valence-corrected chi connectivity index (χ3v) is 5.85. The Bertz CT molecular complexity index is 683. The smallest absolute Gasteiger partial charge is 0.252 e. The third-order valence-electron chi connectivity index (χ3n) is 2.61. The Kier molecular flexibility index (Phi) is 3.88. The maximum atomic E-state index is 13.5. The van der Waals surface area contributed by atoms with E-state index in [0.717, 1.165) is 15.6 Å². The lowest BCUT2D eigenvalue weighted by Crippen LogP contribution is -2.26. The van der Waals surface area contributed by atoms with Crippen molar-refractivity contribution in [2.75, 3.05) is 12.8 Å². The standard InChI is InChI=1S/C12H13FN2O2S2/c1-15(7-9-4-2-3-5-11(9)13)19(16,17)12-6-10(14)8-18-12/h2-6,8H,7,14H2,1H3. The van der Waals surface area contributed by atoms with Gasteiger partial charge in [0.15, 0.2) is 0 Å². The second kappa shape index (κ2) is 5.28. The normalized spacial score (nSPS) is 11.9. The van der Waals surface area contributed by atoms with Gasteiger partial charge < -0.3 is 5.73 Å². The van der Waals surface area contributed by atoms with Crippen LogP contribution in [0.3, 0.4) is 0 Å². The number of nitrogens with zero attached hydrogens (tertiary/aromatic N) is 1. The maximum Gasteiger partial charge on any atom is 0.252 e. The quantitative estimate of drug-likeness (QED) is 0.942. The Balaban J connectivity index is 2.25. The molecule has 2 aromatic rings. The van der Waals surface area contributed by atoms with Crippen molar-refractivity contribution >= 4 is 27.0 Å². The highest BCUT2D eigenvalue weighted by molar-refractivity contribution is 7.91. The van der Waals surface area contributed by atoms with Gasteiger partial charge in [-0.15, -0.1) is 11.3 Å². The van der Waals surface area contributed by atoms with Crippen molar-refractivity contribution < 1.29 is 12.8 Å². The number of benzene rings is 1. The first-order chi connectivity index (χ1) is 8.91. The summed E-state index contributed by atoms with van der Waals surface area (Å²) >= 11 is 1.05. The Hall–Kier alpha value is -1.44. The summed E-state index contributed by atoms with van der Waals surface area (Å²) in [5.74, 6) is -0.421. The van der Waals surface area contributed by atoms with Crippen LogP contribution < -0.4 is 5.73 Å². The van der Waals surface area contributed by atoms with E-state index in [4.69, 9.17) is 5.73 Å². The minimum atomic E-state index is -3.63. The number of nitrogen functional groups attached to an aromatic ring is 1. The maximum absolute atomic E-state index is 13.5. The number of nitrogens with two attached hydrogens (primary N) is 1. The fourth-order valence-electron chi connectivity index (χ4n) is 1.57. The van der Waals surface area contributed by atoms with Crippen LogP contribution in [0.2, 0.25) is 0 Å². The zero-order chi connectivity index (χ0) is 14.0. The molecule has 0 atom stereocenters. The summed E-state index contributed by atoms with van der Waals surface area (Å²) in [5, 5.41) is 1.56. The lowest BCUT2D eigenvalue weighted by molar-refractivity contribution is 0.458. The van der Waals surface area contributed by atoms with Gasteiger partial charge in [0, 0.05) is 30.2 Å². The number of hydrogen-bond donors (Lipinski definition) is 1. The zero-order valence-corrected chi connectivity index (χ0v) is 11.8. The van der Waals surface area contributed by atoms with Gasteiger partial charge in [0.25, 0.3) is 10.0 Å². The molecule has 0 saturated carbocycles. The van der Waals surface area contributed by atoms with Crippen LogP contribution in [0.15, 0.2) is 39.9 Å². The molecule has 1 aromatic heterocycles. The van der Waals surface area contributed by atoms with E-state index in [0.29, 0.717) is 11.3 Å². The van der Waals surface area contributed by atoms with Gasteiger partial charge in [-0.2, -0.15) is 4.31 Å². The van der Waals surface area contributed by atoms with Gasteiger partial charge in [-0.1, -0.05) is 18.2 Å². The number of hydrogen-bond acceptors (Lipinski definition) is 4. The Morgan fingerprint density at radius 3 is 2.63 bits per heavy atom. The van der Waals surface area contributed by atoms with Gasteiger partial charge in [-0.3, -0.25) is 0 Å². The number of sulfonamides is 1. The first-order valence-corrected chi connectivity index (χ1v) is 7.77. The fourth-order valence-corrected chi connectivity index (χ4v) is 4.01. The highest BCUT2D eigenvalue weighted by Crippen LogP contribution is 2.25. The number of thiophene rings is 1. The highest BCUT2D eigenvalue weighted by Gasteiger charge is 2.23. The molecule has 0 amide bonds. The van der Waals surface area contributed by atoms with Crippen LogP contribution in [-0.2, 0) is 16.6 Å². The summed E-state index contributed by atoms with van der Waals surface area (Å²) in [6.07, 6.45) is 0. The molecule has 0 radical (unpaired) electrons. The molecule has 0 bridgehead atoms. The molecule has 0 aliphatic heterocycles. The van der Waals surface area contributed by atoms with Gasteiger partial charge in [-0.05, 0) is 12.1 Å². The van der Waals surface area contributed by atoms with E-state index in [1.807, 2.05) is 0 Å². The molecule has 7 heteroatoms. The van der Waals surface area contributed by atoms with E-state index in [2.05, 4.69) is 0 Å². The minimum Gasteiger partial charge on any atom is -0.398 e. The van der Waals surface area contributed by atoms with Crippen molar-refractivity contribution in [3.8, 4) is 0 Å². The van der Waals surface area contributed by atoms with Crippen LogP contribution in [0.25, 0.3) is 0 Å². The number of rotatable bonds is 4. The molecule has 0 saturated heterocycles. The first kappa shape index (κ1) is 14.0. The van der Waals surface area contributed by atoms with E-state index in [-0.39, 0.29) is 10.8 Å². The summed E-state index contributed by atoms with van der Waals surface area (Å²) in [5.41, 5.74) is 6.26. The first-order valence-electron chi connectivity index (χ1n) is 5.45. The Morgan fingerprint density at radius 2 is 2.05 bits per heavy atom. The van der Waals surface area contributed by atoms with Gasteiger partial charge in [0.2, 0.25) is 0 Å². The number of anilines is 1. The zero-order valence-electron chi connectivity index (χ0n) is 10.2. The molecule has 0 aliphatic carbocycles. The predicted molar refractivity (Wildman–Crippen MR) is 73.8 cm³/mol. The second-order valence-electron chi connectivity index (χ2n) is 4.05. The molecule has 0 fully saturated rings. The van der Waals surface area contributed by atoms with Crippen LogP contribution >= 0.6 is 11.3 Å². The molecule has 0 unspecified atom stereocenters. The summed E-state index contributed by atoms with van der Waals surface area (Å²) in [4.78, 5) is 0. The lowest BCUT2D eigenvalue weighted by atomic mass is 10.2. The Labute approximate surface area is 115 Å². The van der Waals surface area contributed by atoms with Crippen LogP contribution in [0.4, 0.5) is 10.1 Å². The van der Waals surface area contributed by atoms with Gasteiger partial charge in [0.1, 0.15) is 10.0 Å². The van der Waals surface area contributed by atoms with E-state index in [9.17, 15) is 12.8 Å². The topological polar surface area (TPSA) is 63.4 Å². The third kappa shape index (κ3) is 2.94. The molecule has 2 N–H and O–H groups in total. The molecule has 1 aromatic carbocycles. The van der Waals surface area contributed by atoms with E-state index >= 15 is 0 Å². The summed E-state index contributed by atoms with van der Waals surface area (Å²) in [7, 11) is -2.21. The van der Waals surface area contributed by atoms with Gasteiger partial charge in [-0.25, -0.2) is 12.8 Å². The van der Waals surface area contributed by atoms with Crippen molar-refractivity contribution in [3.05, 3.63) is 47.1 Å². The van der Waals surface area contributed by atoms with E-state index < -0.39 is 15.8 Å². The molecular formula is C12H13FN2O2S2. The van der Waals surface area contributed by atoms with Crippen LogP contribution in [0.5, 0.6) is 0 Å². The van der Waals surface area contributed by atoms with Crippen molar-refractivity contribution in [3.63, 3.8) is 0 Å². The lowest BCUT2D eigenvalue weighted by Gasteiger charge is -2.16. The molecular weight excluding hydrogens is 287 g/mol. The van der Waals surface area contributed by atoms with Crippen molar-refractivity contribution in [2.45, 2.75) is 10.8 Å². The molecule has 1 heterocycles. The average Bonchev–Trinajstić information content (AvgIpc) is 2.79. The van der Waals surface area contributed by atoms with E-state index in [1.165, 1.54) is 19.2 Å². The largest absolute Gasteiger partial charge is 0.398 e. The molecule has 0 spiro atoms. The second-order valence-corrected chi connectivity index (χ2v) is 7.23.